The van der Waals surface area contributed by atoms with Crippen LogP contribution >= 0.6 is 0 Å². The maximum absolute atomic E-state index is 11.7. The second kappa shape index (κ2) is 6.17. The van der Waals surface area contributed by atoms with E-state index in [4.69, 9.17) is 10.2 Å². The number of rotatable bonds is 4. The molecular formula is C14H16N2O3. The van der Waals surface area contributed by atoms with Gasteiger partial charge in [0.25, 0.3) is 0 Å². The highest BCUT2D eigenvalue weighted by atomic mass is 16.3. The first-order chi connectivity index (χ1) is 9.20. The topological polar surface area (TPSA) is 81.6 Å². The minimum Gasteiger partial charge on any atom is -0.394 e. The van der Waals surface area contributed by atoms with Gasteiger partial charge in [0.1, 0.15) is 0 Å². The summed E-state index contributed by atoms with van der Waals surface area (Å²) in [4.78, 5) is 11.7. The van der Waals surface area contributed by atoms with E-state index in [2.05, 4.69) is 10.6 Å². The van der Waals surface area contributed by atoms with Crippen molar-refractivity contribution in [1.29, 1.82) is 0 Å². The molecule has 19 heavy (non-hydrogen) atoms. The second-order valence-corrected chi connectivity index (χ2v) is 4.20. The summed E-state index contributed by atoms with van der Waals surface area (Å²) in [7, 11) is 0. The summed E-state index contributed by atoms with van der Waals surface area (Å²) in [5, 5.41) is 25.0. The van der Waals surface area contributed by atoms with Crippen molar-refractivity contribution < 1.29 is 15.0 Å². The number of carbonyl (C=O) groups is 1. The van der Waals surface area contributed by atoms with Gasteiger partial charge in [-0.3, -0.25) is 0 Å². The minimum absolute atomic E-state index is 0.00704. The predicted molar refractivity (Wildman–Crippen MR) is 74.1 cm³/mol. The molecule has 0 aliphatic rings. The number of nitrogens with one attached hydrogen (secondary N) is 2. The molecule has 0 aliphatic heterocycles. The maximum atomic E-state index is 11.7. The molecule has 1 atom stereocenters. The first-order valence-electron chi connectivity index (χ1n) is 6.02. The van der Waals surface area contributed by atoms with Crippen molar-refractivity contribution >= 4 is 22.5 Å². The Kier molecular flexibility index (Phi) is 4.33. The Morgan fingerprint density at radius 1 is 1.16 bits per heavy atom. The summed E-state index contributed by atoms with van der Waals surface area (Å²) in [5.74, 6) is 0. The molecule has 5 heteroatoms. The molecule has 5 nitrogen and oxygen atoms in total. The summed E-state index contributed by atoms with van der Waals surface area (Å²) in [6.45, 7) is -0.373. The smallest absolute Gasteiger partial charge is 0.319 e. The number of aliphatic hydroxyl groups is 2. The van der Waals surface area contributed by atoms with Crippen LogP contribution in [0, 0.1) is 0 Å². The summed E-state index contributed by atoms with van der Waals surface area (Å²) in [5.41, 5.74) is 0.703. The standard InChI is InChI=1S/C14H16N2O3/c17-9-11(18)8-15-14(19)16-13-7-3-5-10-4-1-2-6-12(10)13/h1-7,11,17-18H,8-9H2,(H2,15,16,19). The van der Waals surface area contributed by atoms with Crippen LogP contribution in [0.1, 0.15) is 0 Å². The van der Waals surface area contributed by atoms with Gasteiger partial charge in [-0.15, -0.1) is 0 Å². The number of hydrogen-bond donors (Lipinski definition) is 4. The van der Waals surface area contributed by atoms with Crippen LogP contribution in [0.15, 0.2) is 42.5 Å². The Balaban J connectivity index is 2.07. The number of hydrogen-bond acceptors (Lipinski definition) is 3. The van der Waals surface area contributed by atoms with E-state index >= 15 is 0 Å². The van der Waals surface area contributed by atoms with Gasteiger partial charge in [0, 0.05) is 11.9 Å². The maximum Gasteiger partial charge on any atom is 0.319 e. The van der Waals surface area contributed by atoms with Crippen LogP contribution in [0.5, 0.6) is 0 Å². The van der Waals surface area contributed by atoms with Gasteiger partial charge >= 0.3 is 6.03 Å². The fourth-order valence-corrected chi connectivity index (χ4v) is 1.78. The van der Waals surface area contributed by atoms with E-state index in [1.807, 2.05) is 42.5 Å². The number of amides is 2. The molecule has 1 unspecified atom stereocenters. The monoisotopic (exact) mass is 260 g/mol. The molecule has 2 aromatic carbocycles. The van der Waals surface area contributed by atoms with Crippen LogP contribution in [0.4, 0.5) is 10.5 Å². The summed E-state index contributed by atoms with van der Waals surface area (Å²) in [6.07, 6.45) is -0.946. The number of anilines is 1. The van der Waals surface area contributed by atoms with E-state index in [9.17, 15) is 4.79 Å². The molecule has 0 radical (unpaired) electrons. The Hall–Kier alpha value is -2.11. The molecule has 4 N–H and O–H groups in total. The van der Waals surface area contributed by atoms with Crippen molar-refractivity contribution in [2.75, 3.05) is 18.5 Å². The molecule has 0 aromatic heterocycles. The molecule has 0 bridgehead atoms. The lowest BCUT2D eigenvalue weighted by atomic mass is 10.1. The van der Waals surface area contributed by atoms with Crippen LogP contribution in [-0.4, -0.2) is 35.5 Å². The zero-order valence-electron chi connectivity index (χ0n) is 10.3. The van der Waals surface area contributed by atoms with Crippen LogP contribution in [0.3, 0.4) is 0 Å². The average molecular weight is 260 g/mol. The molecule has 0 saturated heterocycles. The number of fused-ring (bicyclic) bond motifs is 1. The summed E-state index contributed by atoms with van der Waals surface area (Å²) >= 11 is 0. The highest BCUT2D eigenvalue weighted by molar-refractivity contribution is 6.01. The Morgan fingerprint density at radius 2 is 1.89 bits per heavy atom. The number of aliphatic hydroxyl groups excluding tert-OH is 2. The molecule has 0 saturated carbocycles. The third kappa shape index (κ3) is 3.43. The highest BCUT2D eigenvalue weighted by Gasteiger charge is 2.07. The Labute approximate surface area is 110 Å². The van der Waals surface area contributed by atoms with E-state index in [-0.39, 0.29) is 13.2 Å². The molecule has 2 amide bonds. The summed E-state index contributed by atoms with van der Waals surface area (Å²) < 4.78 is 0. The first-order valence-corrected chi connectivity index (χ1v) is 6.02. The van der Waals surface area contributed by atoms with E-state index in [1.165, 1.54) is 0 Å². The van der Waals surface area contributed by atoms with Crippen molar-refractivity contribution in [1.82, 2.24) is 5.32 Å². The van der Waals surface area contributed by atoms with Crippen molar-refractivity contribution in [3.63, 3.8) is 0 Å². The first kappa shape index (κ1) is 13.3. The van der Waals surface area contributed by atoms with Crippen LogP contribution < -0.4 is 10.6 Å². The van der Waals surface area contributed by atoms with Gasteiger partial charge in [-0.05, 0) is 11.5 Å². The van der Waals surface area contributed by atoms with Gasteiger partial charge in [0.15, 0.2) is 0 Å². The quantitative estimate of drug-likeness (QED) is 0.669. The van der Waals surface area contributed by atoms with Crippen molar-refractivity contribution in [3.8, 4) is 0 Å². The van der Waals surface area contributed by atoms with Gasteiger partial charge in [-0.25, -0.2) is 4.79 Å². The van der Waals surface area contributed by atoms with Crippen molar-refractivity contribution in [2.45, 2.75) is 6.10 Å². The van der Waals surface area contributed by atoms with E-state index in [1.54, 1.807) is 0 Å². The SMILES string of the molecule is O=C(NCC(O)CO)Nc1cccc2ccccc12. The molecule has 0 aliphatic carbocycles. The largest absolute Gasteiger partial charge is 0.394 e. The van der Waals surface area contributed by atoms with E-state index < -0.39 is 12.1 Å². The average Bonchev–Trinajstić information content (AvgIpc) is 2.45. The lowest BCUT2D eigenvalue weighted by molar-refractivity contribution is 0.0965. The van der Waals surface area contributed by atoms with Crippen LogP contribution in [0.25, 0.3) is 10.8 Å². The fraction of sp³-hybridized carbons (Fsp3) is 0.214. The van der Waals surface area contributed by atoms with Gasteiger partial charge in [0.05, 0.1) is 18.4 Å². The van der Waals surface area contributed by atoms with Gasteiger partial charge in [0.2, 0.25) is 0 Å². The number of benzene rings is 2. The lowest BCUT2D eigenvalue weighted by Crippen LogP contribution is -2.36. The van der Waals surface area contributed by atoms with E-state index in [0.717, 1.165) is 10.8 Å². The van der Waals surface area contributed by atoms with Crippen LogP contribution in [-0.2, 0) is 0 Å². The Morgan fingerprint density at radius 3 is 2.68 bits per heavy atom. The van der Waals surface area contributed by atoms with Gasteiger partial charge in [-0.2, -0.15) is 0 Å². The Bertz CT molecular complexity index is 566. The van der Waals surface area contributed by atoms with Gasteiger partial charge < -0.3 is 20.8 Å². The normalized spacial score (nSPS) is 12.1. The number of carbonyl (C=O) groups excluding carboxylic acids is 1. The third-order valence-electron chi connectivity index (χ3n) is 2.75. The predicted octanol–water partition coefficient (Wildman–Crippen LogP) is 1.31. The van der Waals surface area contributed by atoms with Crippen molar-refractivity contribution in [2.24, 2.45) is 0 Å². The molecule has 0 heterocycles. The molecule has 100 valence electrons. The summed E-state index contributed by atoms with van der Waals surface area (Å²) in [6, 6.07) is 13.0. The molecule has 0 spiro atoms. The number of urea groups is 1. The zero-order valence-corrected chi connectivity index (χ0v) is 10.3. The fourth-order valence-electron chi connectivity index (χ4n) is 1.78. The zero-order chi connectivity index (χ0) is 13.7. The molecule has 2 aromatic rings. The van der Waals surface area contributed by atoms with Crippen molar-refractivity contribution in [3.05, 3.63) is 42.5 Å². The molecule has 2 rings (SSSR count). The van der Waals surface area contributed by atoms with E-state index in [0.29, 0.717) is 5.69 Å². The minimum atomic E-state index is -0.946. The molecule has 0 fully saturated rings. The highest BCUT2D eigenvalue weighted by Crippen LogP contribution is 2.22. The second-order valence-electron chi connectivity index (χ2n) is 4.20. The lowest BCUT2D eigenvalue weighted by Gasteiger charge is -2.11. The van der Waals surface area contributed by atoms with Crippen LogP contribution in [0.2, 0.25) is 0 Å². The van der Waals surface area contributed by atoms with Gasteiger partial charge in [-0.1, -0.05) is 36.4 Å². The third-order valence-corrected chi connectivity index (χ3v) is 2.75. The molecular weight excluding hydrogens is 244 g/mol.